The van der Waals surface area contributed by atoms with Crippen LogP contribution in [0.1, 0.15) is 50.9 Å². The van der Waals surface area contributed by atoms with E-state index in [1.54, 1.807) is 23.8 Å². The van der Waals surface area contributed by atoms with Crippen LogP contribution < -0.4 is 4.72 Å². The zero-order chi connectivity index (χ0) is 20.5. The van der Waals surface area contributed by atoms with Gasteiger partial charge < -0.3 is 9.64 Å². The number of ketones is 1. The van der Waals surface area contributed by atoms with E-state index in [0.717, 1.165) is 34.1 Å². The van der Waals surface area contributed by atoms with Gasteiger partial charge in [-0.05, 0) is 61.5 Å². The van der Waals surface area contributed by atoms with Gasteiger partial charge in [-0.1, -0.05) is 38.1 Å². The molecule has 152 valence electrons. The highest BCUT2D eigenvalue weighted by molar-refractivity contribution is 7.97. The summed E-state index contributed by atoms with van der Waals surface area (Å²) in [7, 11) is 0. The minimum absolute atomic E-state index is 0.0806. The monoisotopic (exact) mass is 402 g/mol. The molecular weight excluding hydrogens is 372 g/mol. The van der Waals surface area contributed by atoms with E-state index in [2.05, 4.69) is 10.8 Å². The van der Waals surface area contributed by atoms with E-state index >= 15 is 0 Å². The lowest BCUT2D eigenvalue weighted by molar-refractivity contribution is 0.0965. The van der Waals surface area contributed by atoms with Gasteiger partial charge in [0.15, 0.2) is 5.78 Å². The zero-order valence-electron chi connectivity index (χ0n) is 17.2. The number of nitrogens with zero attached hydrogens (tertiary/aromatic N) is 1. The molecule has 0 radical (unpaired) electrons. The maximum Gasteiger partial charge on any atom is 0.409 e. The van der Waals surface area contributed by atoms with Gasteiger partial charge in [0, 0.05) is 29.6 Å². The van der Waals surface area contributed by atoms with E-state index in [1.165, 1.54) is 0 Å². The highest BCUT2D eigenvalue weighted by atomic mass is 32.2. The van der Waals surface area contributed by atoms with Gasteiger partial charge in [0.2, 0.25) is 0 Å². The molecule has 5 nitrogen and oxygen atoms in total. The first-order valence-electron chi connectivity index (χ1n) is 9.97. The molecule has 1 fully saturated rings. The lowest BCUT2D eigenvalue weighted by atomic mass is 10.0. The van der Waals surface area contributed by atoms with Crippen LogP contribution >= 0.6 is 11.9 Å². The van der Waals surface area contributed by atoms with Crippen molar-refractivity contribution in [1.82, 2.24) is 9.62 Å². The molecule has 6 heteroatoms. The number of amides is 1. The second kappa shape index (κ2) is 11.1. The Hall–Kier alpha value is -2.05. The lowest BCUT2D eigenvalue weighted by Gasteiger charge is -2.31. The number of hydrogen-bond acceptors (Lipinski definition) is 5. The van der Waals surface area contributed by atoms with Crippen molar-refractivity contribution in [3.63, 3.8) is 0 Å². The number of rotatable bonds is 5. The number of ether oxygens (including phenoxy) is 1. The number of carbonyl (C=O) groups is 2. The fourth-order valence-electron chi connectivity index (χ4n) is 3.21. The van der Waals surface area contributed by atoms with Crippen LogP contribution in [0.2, 0.25) is 0 Å². The Balaban J connectivity index is 0.00000136. The van der Waals surface area contributed by atoms with E-state index in [4.69, 9.17) is 4.74 Å². The van der Waals surface area contributed by atoms with Crippen molar-refractivity contribution in [1.29, 1.82) is 0 Å². The predicted molar refractivity (Wildman–Crippen MR) is 116 cm³/mol. The number of fused-ring (bicyclic) bond motifs is 1. The molecule has 0 saturated carbocycles. The van der Waals surface area contributed by atoms with Crippen molar-refractivity contribution in [2.45, 2.75) is 51.5 Å². The Morgan fingerprint density at radius 2 is 1.75 bits per heavy atom. The summed E-state index contributed by atoms with van der Waals surface area (Å²) in [6.45, 7) is 9.26. The van der Waals surface area contributed by atoms with Crippen LogP contribution in [0, 0.1) is 0 Å². The molecule has 0 aliphatic carbocycles. The molecule has 0 unspecified atom stereocenters. The SMILES string of the molecule is CC.CCOC(=O)N1CCC(NSc2ccc(C(C)=O)c3ccccc23)CC1. The maximum atomic E-state index is 11.8. The van der Waals surface area contributed by atoms with Crippen LogP contribution in [0.25, 0.3) is 10.8 Å². The molecule has 2 aromatic carbocycles. The Kier molecular flexibility index (Phi) is 8.80. The summed E-state index contributed by atoms with van der Waals surface area (Å²) in [5.41, 5.74) is 0.757. The van der Waals surface area contributed by atoms with Gasteiger partial charge in [0.05, 0.1) is 6.61 Å². The van der Waals surface area contributed by atoms with Crippen molar-refractivity contribution in [2.75, 3.05) is 19.7 Å². The first-order valence-corrected chi connectivity index (χ1v) is 10.8. The Bertz CT molecular complexity index is 801. The van der Waals surface area contributed by atoms with E-state index in [-0.39, 0.29) is 11.9 Å². The van der Waals surface area contributed by atoms with Gasteiger partial charge in [0.25, 0.3) is 0 Å². The average Bonchev–Trinajstić information content (AvgIpc) is 2.73. The van der Waals surface area contributed by atoms with Crippen LogP contribution in [0.5, 0.6) is 0 Å². The maximum absolute atomic E-state index is 11.8. The van der Waals surface area contributed by atoms with Crippen LogP contribution in [0.15, 0.2) is 41.3 Å². The van der Waals surface area contributed by atoms with Gasteiger partial charge in [-0.2, -0.15) is 0 Å². The van der Waals surface area contributed by atoms with E-state index in [9.17, 15) is 9.59 Å². The first kappa shape index (κ1) is 22.2. The van der Waals surface area contributed by atoms with Crippen molar-refractivity contribution in [2.24, 2.45) is 0 Å². The second-order valence-corrected chi connectivity index (χ2v) is 7.27. The molecule has 1 heterocycles. The molecular formula is C22H30N2O3S. The van der Waals surface area contributed by atoms with E-state index in [0.29, 0.717) is 25.7 Å². The molecule has 0 atom stereocenters. The van der Waals surface area contributed by atoms with Crippen molar-refractivity contribution in [3.8, 4) is 0 Å². The number of Topliss-reactive ketones (excluding diaryl/α,β-unsaturated/α-hetero) is 1. The molecule has 1 aliphatic rings. The summed E-state index contributed by atoms with van der Waals surface area (Å²) < 4.78 is 8.58. The first-order chi connectivity index (χ1) is 13.6. The van der Waals surface area contributed by atoms with Crippen LogP contribution in [-0.2, 0) is 4.74 Å². The Morgan fingerprint density at radius 1 is 1.11 bits per heavy atom. The van der Waals surface area contributed by atoms with Crippen LogP contribution in [0.3, 0.4) is 0 Å². The standard InChI is InChI=1S/C20H24N2O3S.C2H6/c1-3-25-20(24)22-12-10-15(11-13-22)21-26-19-9-8-16(14(2)23)17-6-4-5-7-18(17)19;1-2/h4-9,15,21H,3,10-13H2,1-2H3;1-2H3. The third kappa shape index (κ3) is 5.49. The average molecular weight is 403 g/mol. The molecule has 1 aliphatic heterocycles. The van der Waals surface area contributed by atoms with Crippen LogP contribution in [0.4, 0.5) is 4.79 Å². The third-order valence-electron chi connectivity index (χ3n) is 4.62. The van der Waals surface area contributed by atoms with Gasteiger partial charge in [-0.3, -0.25) is 9.52 Å². The highest BCUT2D eigenvalue weighted by Crippen LogP contribution is 2.30. The number of likely N-dealkylation sites (tertiary alicyclic amines) is 1. The summed E-state index contributed by atoms with van der Waals surface area (Å²) in [5.74, 6) is 0.0806. The van der Waals surface area contributed by atoms with E-state index in [1.807, 2.05) is 51.1 Å². The summed E-state index contributed by atoms with van der Waals surface area (Å²) in [5, 5.41) is 2.07. The van der Waals surface area contributed by atoms with Gasteiger partial charge in [-0.15, -0.1) is 0 Å². The lowest BCUT2D eigenvalue weighted by Crippen LogP contribution is -2.43. The zero-order valence-corrected chi connectivity index (χ0v) is 18.0. The summed E-state index contributed by atoms with van der Waals surface area (Å²) >= 11 is 1.60. The summed E-state index contributed by atoms with van der Waals surface area (Å²) in [4.78, 5) is 26.5. The number of benzene rings is 2. The molecule has 0 bridgehead atoms. The Morgan fingerprint density at radius 3 is 2.36 bits per heavy atom. The summed E-state index contributed by atoms with van der Waals surface area (Å²) in [6.07, 6.45) is 1.58. The van der Waals surface area contributed by atoms with Crippen molar-refractivity contribution >= 4 is 34.6 Å². The third-order valence-corrected chi connectivity index (χ3v) is 5.65. The van der Waals surface area contributed by atoms with Gasteiger partial charge in [-0.25, -0.2) is 4.79 Å². The number of carbonyl (C=O) groups excluding carboxylic acids is 2. The molecule has 1 amide bonds. The minimum Gasteiger partial charge on any atom is -0.450 e. The normalized spacial score (nSPS) is 14.4. The van der Waals surface area contributed by atoms with Crippen molar-refractivity contribution in [3.05, 3.63) is 42.0 Å². The van der Waals surface area contributed by atoms with Crippen molar-refractivity contribution < 1.29 is 14.3 Å². The topological polar surface area (TPSA) is 58.6 Å². The quantitative estimate of drug-likeness (QED) is 0.544. The number of hydrogen-bond donors (Lipinski definition) is 1. The summed E-state index contributed by atoms with van der Waals surface area (Å²) in [6, 6.07) is 12.2. The number of nitrogens with one attached hydrogen (secondary N) is 1. The fraction of sp³-hybridized carbons (Fsp3) is 0.455. The largest absolute Gasteiger partial charge is 0.450 e. The predicted octanol–water partition coefficient (Wildman–Crippen LogP) is 5.29. The molecule has 0 aromatic heterocycles. The fourth-order valence-corrected chi connectivity index (χ4v) is 4.16. The molecule has 0 spiro atoms. The van der Waals surface area contributed by atoms with E-state index < -0.39 is 0 Å². The second-order valence-electron chi connectivity index (χ2n) is 6.39. The molecule has 1 N–H and O–H groups in total. The minimum atomic E-state index is -0.218. The molecule has 2 aromatic rings. The Labute approximate surface area is 171 Å². The highest BCUT2D eigenvalue weighted by Gasteiger charge is 2.23. The van der Waals surface area contributed by atoms with Gasteiger partial charge >= 0.3 is 6.09 Å². The molecule has 1 saturated heterocycles. The van der Waals surface area contributed by atoms with Gasteiger partial charge in [0.1, 0.15) is 0 Å². The molecule has 28 heavy (non-hydrogen) atoms. The smallest absolute Gasteiger partial charge is 0.409 e. The molecule has 3 rings (SSSR count). The van der Waals surface area contributed by atoms with Crippen LogP contribution in [-0.4, -0.2) is 42.5 Å². The number of piperidine rings is 1.